The molecule has 2 heterocycles. The second kappa shape index (κ2) is 8.41. The van der Waals surface area contributed by atoms with E-state index in [9.17, 15) is 4.79 Å². The fraction of sp³-hybridized carbons (Fsp3) is 0.182. The van der Waals surface area contributed by atoms with E-state index in [0.717, 1.165) is 18.7 Å². The molecule has 0 radical (unpaired) electrons. The summed E-state index contributed by atoms with van der Waals surface area (Å²) < 4.78 is 11.8. The van der Waals surface area contributed by atoms with Crippen LogP contribution in [0.4, 0.5) is 5.69 Å². The quantitative estimate of drug-likeness (QED) is 0.657. The van der Waals surface area contributed by atoms with Gasteiger partial charge in [0.2, 0.25) is 5.88 Å². The van der Waals surface area contributed by atoms with Gasteiger partial charge in [-0.1, -0.05) is 29.8 Å². The smallest absolute Gasteiger partial charge is 0.250 e. The van der Waals surface area contributed by atoms with Crippen molar-refractivity contribution in [3.8, 4) is 17.4 Å². The van der Waals surface area contributed by atoms with Gasteiger partial charge in [0.1, 0.15) is 22.6 Å². The first-order valence-electron chi connectivity index (χ1n) is 9.29. The number of hydrogen-bond donors (Lipinski definition) is 1. The maximum Gasteiger partial charge on any atom is 0.250 e. The average molecular weight is 410 g/mol. The first-order valence-corrected chi connectivity index (χ1v) is 9.67. The lowest BCUT2D eigenvalue weighted by Gasteiger charge is -2.22. The second-order valence-electron chi connectivity index (χ2n) is 6.72. The summed E-state index contributed by atoms with van der Waals surface area (Å²) >= 11 is 6.13. The van der Waals surface area contributed by atoms with Gasteiger partial charge in [0.05, 0.1) is 12.1 Å². The van der Waals surface area contributed by atoms with Crippen LogP contribution in [0.1, 0.15) is 16.8 Å². The Bertz CT molecular complexity index is 1010. The van der Waals surface area contributed by atoms with Crippen LogP contribution in [0.5, 0.6) is 17.4 Å². The number of hydrogen-bond acceptors (Lipinski definition) is 5. The van der Waals surface area contributed by atoms with Crippen LogP contribution in [-0.4, -0.2) is 30.1 Å². The maximum absolute atomic E-state index is 12.1. The number of aromatic nitrogens is 1. The van der Waals surface area contributed by atoms with Crippen molar-refractivity contribution >= 4 is 23.2 Å². The Kier molecular flexibility index (Phi) is 5.53. The van der Waals surface area contributed by atoms with E-state index >= 15 is 0 Å². The Balaban J connectivity index is 1.50. The van der Waals surface area contributed by atoms with E-state index in [1.807, 2.05) is 42.5 Å². The standard InChI is InChI=1S/C22H20ClN3O3/c23-19-7-4-11-25-22(19)29-17-10-12-26(14-17)20-9-8-16(13-18(20)21(24)27)28-15-5-2-1-3-6-15/h1-9,11,13,17H,10,12,14H2,(H2,24,27). The first kappa shape index (κ1) is 19.1. The van der Waals surface area contributed by atoms with E-state index in [1.54, 1.807) is 24.4 Å². The number of carbonyl (C=O) groups excluding carboxylic acids is 1. The summed E-state index contributed by atoms with van der Waals surface area (Å²) in [5, 5.41) is 0.478. The van der Waals surface area contributed by atoms with Gasteiger partial charge in [0.25, 0.3) is 5.91 Å². The number of para-hydroxylation sites is 1. The van der Waals surface area contributed by atoms with E-state index in [4.69, 9.17) is 26.8 Å². The number of amides is 1. The fourth-order valence-electron chi connectivity index (χ4n) is 3.34. The summed E-state index contributed by atoms with van der Waals surface area (Å²) in [5.41, 5.74) is 6.81. The predicted molar refractivity (Wildman–Crippen MR) is 112 cm³/mol. The third kappa shape index (κ3) is 4.43. The first-order chi connectivity index (χ1) is 14.1. The highest BCUT2D eigenvalue weighted by Crippen LogP contribution is 2.32. The molecule has 1 unspecified atom stereocenters. The Morgan fingerprint density at radius 1 is 1.10 bits per heavy atom. The van der Waals surface area contributed by atoms with E-state index in [0.29, 0.717) is 34.5 Å². The van der Waals surface area contributed by atoms with Gasteiger partial charge in [0.15, 0.2) is 0 Å². The highest BCUT2D eigenvalue weighted by molar-refractivity contribution is 6.31. The molecule has 1 atom stereocenters. The molecule has 0 spiro atoms. The van der Waals surface area contributed by atoms with Crippen LogP contribution >= 0.6 is 11.6 Å². The van der Waals surface area contributed by atoms with E-state index in [-0.39, 0.29) is 6.10 Å². The summed E-state index contributed by atoms with van der Waals surface area (Å²) in [4.78, 5) is 18.3. The predicted octanol–water partition coefficient (Wildman–Crippen LogP) is 4.28. The van der Waals surface area contributed by atoms with Crippen molar-refractivity contribution in [2.45, 2.75) is 12.5 Å². The third-order valence-electron chi connectivity index (χ3n) is 4.70. The second-order valence-corrected chi connectivity index (χ2v) is 7.13. The van der Waals surface area contributed by atoms with Crippen molar-refractivity contribution < 1.29 is 14.3 Å². The number of halogens is 1. The van der Waals surface area contributed by atoms with Crippen molar-refractivity contribution in [1.82, 2.24) is 4.98 Å². The maximum atomic E-state index is 12.1. The molecule has 1 aliphatic heterocycles. The van der Waals surface area contributed by atoms with Gasteiger partial charge in [-0.05, 0) is 42.5 Å². The summed E-state index contributed by atoms with van der Waals surface area (Å²) in [5.74, 6) is 1.16. The minimum Gasteiger partial charge on any atom is -0.471 e. The highest BCUT2D eigenvalue weighted by atomic mass is 35.5. The molecule has 0 bridgehead atoms. The number of nitrogens with two attached hydrogens (primary N) is 1. The molecular formula is C22H20ClN3O3. The molecule has 3 aromatic rings. The number of benzene rings is 2. The highest BCUT2D eigenvalue weighted by Gasteiger charge is 2.27. The lowest BCUT2D eigenvalue weighted by atomic mass is 10.1. The van der Waals surface area contributed by atoms with Crippen LogP contribution < -0.4 is 20.1 Å². The number of pyridine rings is 1. The van der Waals surface area contributed by atoms with Gasteiger partial charge in [0, 0.05) is 24.8 Å². The molecule has 0 aliphatic carbocycles. The topological polar surface area (TPSA) is 77.7 Å². The largest absolute Gasteiger partial charge is 0.471 e. The molecule has 1 saturated heterocycles. The molecular weight excluding hydrogens is 390 g/mol. The average Bonchev–Trinajstić information content (AvgIpc) is 3.19. The molecule has 1 amide bonds. The normalized spacial score (nSPS) is 15.9. The molecule has 0 saturated carbocycles. The Labute approximate surface area is 173 Å². The lowest BCUT2D eigenvalue weighted by Crippen LogP contribution is -2.27. The Morgan fingerprint density at radius 2 is 1.93 bits per heavy atom. The van der Waals surface area contributed by atoms with Crippen molar-refractivity contribution in [3.05, 3.63) is 77.4 Å². The van der Waals surface area contributed by atoms with Crippen molar-refractivity contribution in [2.75, 3.05) is 18.0 Å². The number of rotatable bonds is 6. The van der Waals surface area contributed by atoms with E-state index < -0.39 is 5.91 Å². The summed E-state index contributed by atoms with van der Waals surface area (Å²) in [6.07, 6.45) is 2.35. The van der Waals surface area contributed by atoms with Gasteiger partial charge in [-0.3, -0.25) is 4.79 Å². The lowest BCUT2D eigenvalue weighted by molar-refractivity contribution is 0.100. The van der Waals surface area contributed by atoms with Gasteiger partial charge in [-0.15, -0.1) is 0 Å². The van der Waals surface area contributed by atoms with Crippen LogP contribution in [0.15, 0.2) is 66.9 Å². The van der Waals surface area contributed by atoms with Gasteiger partial charge in [-0.25, -0.2) is 4.98 Å². The molecule has 2 aromatic carbocycles. The van der Waals surface area contributed by atoms with E-state index in [2.05, 4.69) is 9.88 Å². The third-order valence-corrected chi connectivity index (χ3v) is 4.99. The zero-order chi connectivity index (χ0) is 20.2. The molecule has 6 nitrogen and oxygen atoms in total. The summed E-state index contributed by atoms with van der Waals surface area (Å²) in [7, 11) is 0. The minimum atomic E-state index is -0.504. The molecule has 1 fully saturated rings. The number of nitrogens with zero attached hydrogens (tertiary/aromatic N) is 2. The number of primary amides is 1. The van der Waals surface area contributed by atoms with Crippen LogP contribution in [-0.2, 0) is 0 Å². The van der Waals surface area contributed by atoms with Crippen LogP contribution in [0, 0.1) is 0 Å². The Hall–Kier alpha value is -3.25. The number of carbonyl (C=O) groups is 1. The van der Waals surface area contributed by atoms with Crippen molar-refractivity contribution in [3.63, 3.8) is 0 Å². The van der Waals surface area contributed by atoms with Crippen molar-refractivity contribution in [2.24, 2.45) is 5.73 Å². The van der Waals surface area contributed by atoms with Gasteiger partial charge in [-0.2, -0.15) is 0 Å². The molecule has 7 heteroatoms. The van der Waals surface area contributed by atoms with E-state index in [1.165, 1.54) is 0 Å². The Morgan fingerprint density at radius 3 is 2.69 bits per heavy atom. The van der Waals surface area contributed by atoms with Crippen LogP contribution in [0.3, 0.4) is 0 Å². The zero-order valence-electron chi connectivity index (χ0n) is 15.6. The number of ether oxygens (including phenoxy) is 2. The van der Waals surface area contributed by atoms with Crippen LogP contribution in [0.25, 0.3) is 0 Å². The summed E-state index contributed by atoms with van der Waals surface area (Å²) in [6, 6.07) is 18.2. The molecule has 4 rings (SSSR count). The zero-order valence-corrected chi connectivity index (χ0v) is 16.4. The number of anilines is 1. The summed E-state index contributed by atoms with van der Waals surface area (Å²) in [6.45, 7) is 1.33. The van der Waals surface area contributed by atoms with Crippen molar-refractivity contribution in [1.29, 1.82) is 0 Å². The fourth-order valence-corrected chi connectivity index (χ4v) is 3.50. The molecule has 1 aromatic heterocycles. The van der Waals surface area contributed by atoms with Gasteiger partial charge >= 0.3 is 0 Å². The van der Waals surface area contributed by atoms with Gasteiger partial charge < -0.3 is 20.1 Å². The molecule has 148 valence electrons. The minimum absolute atomic E-state index is 0.0802. The monoisotopic (exact) mass is 409 g/mol. The van der Waals surface area contributed by atoms with Crippen LogP contribution in [0.2, 0.25) is 5.02 Å². The molecule has 1 aliphatic rings. The SMILES string of the molecule is NC(=O)c1cc(Oc2ccccc2)ccc1N1CCC(Oc2ncccc2Cl)C1. The molecule has 29 heavy (non-hydrogen) atoms. The molecule has 2 N–H and O–H groups in total.